The highest BCUT2D eigenvalue weighted by Crippen LogP contribution is 2.62. The molecule has 3 unspecified atom stereocenters. The van der Waals surface area contributed by atoms with Gasteiger partial charge in [0.1, 0.15) is 0 Å². The predicted octanol–water partition coefficient (Wildman–Crippen LogP) is 1.06. The molecular weight excluding hydrogens is 260 g/mol. The van der Waals surface area contributed by atoms with Crippen molar-refractivity contribution in [1.29, 1.82) is 0 Å². The fourth-order valence-electron chi connectivity index (χ4n) is 4.06. The van der Waals surface area contributed by atoms with Crippen LogP contribution in [0.15, 0.2) is 0 Å². The molecule has 0 aromatic rings. The first kappa shape index (κ1) is 13.7. The van der Waals surface area contributed by atoms with Crippen LogP contribution in [-0.2, 0) is 9.53 Å². The average Bonchev–Trinajstić information content (AvgIpc) is 2.76. The summed E-state index contributed by atoms with van der Waals surface area (Å²) in [6.45, 7) is 1.05. The van der Waals surface area contributed by atoms with Crippen LogP contribution >= 0.6 is 0 Å². The Hall–Kier alpha value is -1.30. The number of hydrogen-bond donors (Lipinski definition) is 2. The SMILES string of the molecule is CN(CCC(=O)O)C(=O)NC1C2CCOC2C12CCC2. The third-order valence-electron chi connectivity index (χ3n) is 5.32. The Balaban J connectivity index is 1.57. The van der Waals surface area contributed by atoms with E-state index in [1.807, 2.05) is 0 Å². The lowest BCUT2D eigenvalue weighted by atomic mass is 9.46. The lowest BCUT2D eigenvalue weighted by Crippen LogP contribution is -2.72. The topological polar surface area (TPSA) is 78.9 Å². The highest BCUT2D eigenvalue weighted by molar-refractivity contribution is 5.75. The summed E-state index contributed by atoms with van der Waals surface area (Å²) in [5.74, 6) is -0.430. The molecule has 1 aliphatic heterocycles. The van der Waals surface area contributed by atoms with Crippen molar-refractivity contribution in [2.75, 3.05) is 20.2 Å². The number of carbonyl (C=O) groups is 2. The van der Waals surface area contributed by atoms with E-state index in [0.717, 1.165) is 25.9 Å². The summed E-state index contributed by atoms with van der Waals surface area (Å²) in [5, 5.41) is 11.8. The predicted molar refractivity (Wildman–Crippen MR) is 71.3 cm³/mol. The van der Waals surface area contributed by atoms with Gasteiger partial charge in [-0.05, 0) is 19.3 Å². The van der Waals surface area contributed by atoms with E-state index in [9.17, 15) is 9.59 Å². The molecule has 2 N–H and O–H groups in total. The molecule has 6 nitrogen and oxygen atoms in total. The van der Waals surface area contributed by atoms with Gasteiger partial charge in [-0.15, -0.1) is 0 Å². The van der Waals surface area contributed by atoms with Crippen molar-refractivity contribution in [2.24, 2.45) is 11.3 Å². The highest BCUT2D eigenvalue weighted by atomic mass is 16.5. The monoisotopic (exact) mass is 282 g/mol. The zero-order valence-corrected chi connectivity index (χ0v) is 11.8. The van der Waals surface area contributed by atoms with Crippen molar-refractivity contribution < 1.29 is 19.4 Å². The second-order valence-corrected chi connectivity index (χ2v) is 6.32. The van der Waals surface area contributed by atoms with E-state index in [1.54, 1.807) is 7.05 Å². The molecule has 3 atom stereocenters. The molecule has 0 aromatic carbocycles. The fourth-order valence-corrected chi connectivity index (χ4v) is 4.06. The van der Waals surface area contributed by atoms with Gasteiger partial charge in [-0.2, -0.15) is 0 Å². The molecule has 3 fully saturated rings. The first-order chi connectivity index (χ1) is 9.54. The Morgan fingerprint density at radius 1 is 1.45 bits per heavy atom. The highest BCUT2D eigenvalue weighted by Gasteiger charge is 2.67. The number of carboxylic acid groups (broad SMARTS) is 1. The van der Waals surface area contributed by atoms with Crippen LogP contribution in [0.2, 0.25) is 0 Å². The second kappa shape index (κ2) is 4.91. The minimum atomic E-state index is -0.881. The Labute approximate surface area is 118 Å². The summed E-state index contributed by atoms with van der Waals surface area (Å²) < 4.78 is 5.82. The molecule has 3 aliphatic rings. The molecule has 1 saturated heterocycles. The van der Waals surface area contributed by atoms with Crippen molar-refractivity contribution in [3.05, 3.63) is 0 Å². The van der Waals surface area contributed by atoms with Gasteiger partial charge in [0.25, 0.3) is 0 Å². The molecule has 1 spiro atoms. The Bertz CT molecular complexity index is 421. The van der Waals surface area contributed by atoms with Gasteiger partial charge in [-0.3, -0.25) is 4.79 Å². The lowest BCUT2D eigenvalue weighted by Gasteiger charge is -2.63. The number of carbonyl (C=O) groups excluding carboxylic acids is 1. The third kappa shape index (κ3) is 1.97. The number of nitrogens with one attached hydrogen (secondary N) is 1. The zero-order valence-electron chi connectivity index (χ0n) is 11.8. The standard InChI is InChI=1S/C14H22N2O4/c1-16(7-3-10(17)18)13(19)15-11-9-4-8-20-12(9)14(11)5-2-6-14/h9,11-12H,2-8H2,1H3,(H,15,19)(H,17,18). The summed E-state index contributed by atoms with van der Waals surface area (Å²) in [6.07, 6.45) is 4.83. The molecule has 0 bridgehead atoms. The van der Waals surface area contributed by atoms with Crippen LogP contribution in [0.25, 0.3) is 0 Å². The van der Waals surface area contributed by atoms with E-state index in [4.69, 9.17) is 9.84 Å². The molecule has 0 aromatic heterocycles. The molecule has 0 radical (unpaired) electrons. The number of carboxylic acids is 1. The van der Waals surface area contributed by atoms with E-state index in [0.29, 0.717) is 12.0 Å². The van der Waals surface area contributed by atoms with E-state index in [-0.39, 0.29) is 30.5 Å². The largest absolute Gasteiger partial charge is 0.481 e. The van der Waals surface area contributed by atoms with Gasteiger partial charge in [0.05, 0.1) is 12.5 Å². The first-order valence-corrected chi connectivity index (χ1v) is 7.39. The minimum Gasteiger partial charge on any atom is -0.481 e. The second-order valence-electron chi connectivity index (χ2n) is 6.32. The van der Waals surface area contributed by atoms with E-state index in [1.165, 1.54) is 11.3 Å². The molecular formula is C14H22N2O4. The minimum absolute atomic E-state index is 0.0190. The van der Waals surface area contributed by atoms with Crippen LogP contribution in [0.1, 0.15) is 32.1 Å². The van der Waals surface area contributed by atoms with Crippen LogP contribution in [0, 0.1) is 11.3 Å². The van der Waals surface area contributed by atoms with Crippen molar-refractivity contribution in [1.82, 2.24) is 10.2 Å². The summed E-state index contributed by atoms with van der Waals surface area (Å²) in [6, 6.07) is 0.0522. The lowest BCUT2D eigenvalue weighted by molar-refractivity contribution is -0.172. The maximum absolute atomic E-state index is 12.2. The van der Waals surface area contributed by atoms with Crippen LogP contribution < -0.4 is 5.32 Å². The number of aliphatic carboxylic acids is 1. The molecule has 20 heavy (non-hydrogen) atoms. The maximum Gasteiger partial charge on any atom is 0.317 e. The molecule has 3 rings (SSSR count). The normalized spacial score (nSPS) is 33.0. The first-order valence-electron chi connectivity index (χ1n) is 7.39. The van der Waals surface area contributed by atoms with Crippen molar-refractivity contribution in [3.63, 3.8) is 0 Å². The number of ether oxygens (including phenoxy) is 1. The third-order valence-corrected chi connectivity index (χ3v) is 5.32. The average molecular weight is 282 g/mol. The van der Waals surface area contributed by atoms with Crippen LogP contribution in [-0.4, -0.2) is 54.4 Å². The number of fused-ring (bicyclic) bond motifs is 2. The quantitative estimate of drug-likeness (QED) is 0.808. The number of nitrogens with zero attached hydrogens (tertiary/aromatic N) is 1. The molecule has 2 saturated carbocycles. The number of urea groups is 1. The summed E-state index contributed by atoms with van der Waals surface area (Å²) in [4.78, 5) is 24.2. The van der Waals surface area contributed by atoms with Gasteiger partial charge in [0.15, 0.2) is 0 Å². The smallest absolute Gasteiger partial charge is 0.317 e. The van der Waals surface area contributed by atoms with Crippen molar-refractivity contribution in [3.8, 4) is 0 Å². The number of rotatable bonds is 4. The molecule has 2 amide bonds. The zero-order chi connectivity index (χ0) is 14.3. The van der Waals surface area contributed by atoms with Gasteiger partial charge in [0, 0.05) is 37.6 Å². The van der Waals surface area contributed by atoms with Gasteiger partial charge in [-0.25, -0.2) is 4.79 Å². The summed E-state index contributed by atoms with van der Waals surface area (Å²) in [7, 11) is 1.65. The maximum atomic E-state index is 12.2. The Morgan fingerprint density at radius 2 is 2.20 bits per heavy atom. The van der Waals surface area contributed by atoms with Gasteiger partial charge in [-0.1, -0.05) is 6.42 Å². The van der Waals surface area contributed by atoms with Gasteiger partial charge in [0.2, 0.25) is 0 Å². The summed E-state index contributed by atoms with van der Waals surface area (Å²) in [5.41, 5.74) is 0.171. The number of hydrogen-bond acceptors (Lipinski definition) is 3. The fraction of sp³-hybridized carbons (Fsp3) is 0.857. The van der Waals surface area contributed by atoms with Crippen molar-refractivity contribution >= 4 is 12.0 Å². The number of amides is 2. The van der Waals surface area contributed by atoms with E-state index < -0.39 is 5.97 Å². The van der Waals surface area contributed by atoms with Crippen molar-refractivity contribution in [2.45, 2.75) is 44.2 Å². The molecule has 1 heterocycles. The van der Waals surface area contributed by atoms with Gasteiger partial charge >= 0.3 is 12.0 Å². The van der Waals surface area contributed by atoms with E-state index >= 15 is 0 Å². The van der Waals surface area contributed by atoms with E-state index in [2.05, 4.69) is 5.32 Å². The molecule has 6 heteroatoms. The molecule has 2 aliphatic carbocycles. The van der Waals surface area contributed by atoms with Crippen LogP contribution in [0.4, 0.5) is 4.79 Å². The van der Waals surface area contributed by atoms with Gasteiger partial charge < -0.3 is 20.1 Å². The Morgan fingerprint density at radius 3 is 2.80 bits per heavy atom. The molecule has 112 valence electrons. The summed E-state index contributed by atoms with van der Waals surface area (Å²) >= 11 is 0. The van der Waals surface area contributed by atoms with Crippen LogP contribution in [0.3, 0.4) is 0 Å². The van der Waals surface area contributed by atoms with Crippen LogP contribution in [0.5, 0.6) is 0 Å². The Kier molecular flexibility index (Phi) is 3.36.